The first-order chi connectivity index (χ1) is 12.8. The first kappa shape index (κ1) is 19.3. The standard InChI is InChI=1S/C16H21F3N6O2/c17-16(18,19)12-7-21-15(22-8-12)25-5-3-24(4-6-25)14(26)10-27-23-9-13(20)11-1-2-11/h7-9,11,13H,1-6,10,20H2. The van der Waals surface area contributed by atoms with Gasteiger partial charge in [0.05, 0.1) is 11.8 Å². The maximum atomic E-state index is 12.5. The van der Waals surface area contributed by atoms with E-state index < -0.39 is 11.7 Å². The Morgan fingerprint density at radius 1 is 1.30 bits per heavy atom. The fourth-order valence-electron chi connectivity index (χ4n) is 2.69. The molecule has 1 unspecified atom stereocenters. The van der Waals surface area contributed by atoms with Gasteiger partial charge in [0, 0.05) is 44.6 Å². The largest absolute Gasteiger partial charge is 0.419 e. The summed E-state index contributed by atoms with van der Waals surface area (Å²) in [6, 6.07) is -0.132. The predicted octanol–water partition coefficient (Wildman–Crippen LogP) is 0.884. The Kier molecular flexibility index (Phi) is 5.78. The molecule has 1 saturated heterocycles. The van der Waals surface area contributed by atoms with Crippen LogP contribution < -0.4 is 10.6 Å². The highest BCUT2D eigenvalue weighted by Gasteiger charge is 2.32. The van der Waals surface area contributed by atoms with Crippen LogP contribution in [0.4, 0.5) is 19.1 Å². The number of oxime groups is 1. The number of anilines is 1. The van der Waals surface area contributed by atoms with Gasteiger partial charge in [0.2, 0.25) is 5.95 Å². The van der Waals surface area contributed by atoms with Crippen molar-refractivity contribution in [2.45, 2.75) is 25.1 Å². The maximum Gasteiger partial charge on any atom is 0.419 e. The molecule has 0 aromatic carbocycles. The number of alkyl halides is 3. The molecule has 2 N–H and O–H groups in total. The average Bonchev–Trinajstić information content (AvgIpc) is 3.50. The van der Waals surface area contributed by atoms with Crippen LogP contribution in [0.2, 0.25) is 0 Å². The lowest BCUT2D eigenvalue weighted by atomic mass is 10.2. The molecule has 8 nitrogen and oxygen atoms in total. The molecule has 2 heterocycles. The lowest BCUT2D eigenvalue weighted by molar-refractivity contribution is -0.138. The van der Waals surface area contributed by atoms with Crippen LogP contribution in [-0.2, 0) is 15.8 Å². The number of nitrogens with zero attached hydrogens (tertiary/aromatic N) is 5. The number of rotatable bonds is 6. The van der Waals surface area contributed by atoms with Crippen LogP contribution in [0.15, 0.2) is 17.5 Å². The summed E-state index contributed by atoms with van der Waals surface area (Å²) in [7, 11) is 0. The third kappa shape index (κ3) is 5.28. The molecule has 1 aromatic heterocycles. The van der Waals surface area contributed by atoms with E-state index in [9.17, 15) is 18.0 Å². The molecule has 1 amide bonds. The van der Waals surface area contributed by atoms with Crippen molar-refractivity contribution in [3.63, 3.8) is 0 Å². The second kappa shape index (κ2) is 8.07. The molecule has 1 atom stereocenters. The van der Waals surface area contributed by atoms with Crippen molar-refractivity contribution in [2.24, 2.45) is 16.8 Å². The number of carbonyl (C=O) groups is 1. The molecule has 0 bridgehead atoms. The third-order valence-electron chi connectivity index (χ3n) is 4.54. The first-order valence-electron chi connectivity index (χ1n) is 8.67. The molecular weight excluding hydrogens is 365 g/mol. The molecule has 3 rings (SSSR count). The van der Waals surface area contributed by atoms with E-state index in [1.54, 1.807) is 9.80 Å². The first-order valence-corrected chi connectivity index (χ1v) is 8.67. The number of amides is 1. The smallest absolute Gasteiger partial charge is 0.386 e. The highest BCUT2D eigenvalue weighted by molar-refractivity contribution is 5.77. The van der Waals surface area contributed by atoms with E-state index in [0.29, 0.717) is 32.1 Å². The van der Waals surface area contributed by atoms with Gasteiger partial charge >= 0.3 is 6.18 Å². The summed E-state index contributed by atoms with van der Waals surface area (Å²) < 4.78 is 37.6. The molecule has 148 valence electrons. The topological polar surface area (TPSA) is 96.9 Å². The zero-order valence-electron chi connectivity index (χ0n) is 14.6. The van der Waals surface area contributed by atoms with Crippen molar-refractivity contribution in [3.05, 3.63) is 18.0 Å². The molecule has 11 heteroatoms. The quantitative estimate of drug-likeness (QED) is 0.576. The Morgan fingerprint density at radius 2 is 1.93 bits per heavy atom. The minimum atomic E-state index is -4.46. The zero-order chi connectivity index (χ0) is 19.4. The second-order valence-electron chi connectivity index (χ2n) is 6.58. The van der Waals surface area contributed by atoms with Crippen LogP contribution >= 0.6 is 0 Å². The Morgan fingerprint density at radius 3 is 2.48 bits per heavy atom. The van der Waals surface area contributed by atoms with Crippen molar-refractivity contribution in [2.75, 3.05) is 37.7 Å². The van der Waals surface area contributed by atoms with Crippen LogP contribution in [0, 0.1) is 5.92 Å². The van der Waals surface area contributed by atoms with Gasteiger partial charge in [0.25, 0.3) is 5.91 Å². The predicted molar refractivity (Wildman–Crippen MR) is 91.0 cm³/mol. The normalized spacial score (nSPS) is 19.4. The second-order valence-corrected chi connectivity index (χ2v) is 6.58. The van der Waals surface area contributed by atoms with Gasteiger partial charge < -0.3 is 20.4 Å². The van der Waals surface area contributed by atoms with Crippen LogP contribution in [-0.4, -0.2) is 65.8 Å². The Hall–Kier alpha value is -2.43. The minimum Gasteiger partial charge on any atom is -0.386 e. The van der Waals surface area contributed by atoms with Crippen LogP contribution in [0.5, 0.6) is 0 Å². The summed E-state index contributed by atoms with van der Waals surface area (Å²) in [5.74, 6) is 0.471. The van der Waals surface area contributed by atoms with E-state index in [0.717, 1.165) is 25.2 Å². The monoisotopic (exact) mass is 386 g/mol. The van der Waals surface area contributed by atoms with E-state index in [4.69, 9.17) is 10.6 Å². The van der Waals surface area contributed by atoms with Crippen molar-refractivity contribution < 1.29 is 22.8 Å². The molecule has 0 spiro atoms. The van der Waals surface area contributed by atoms with E-state index in [1.165, 1.54) is 6.21 Å². The van der Waals surface area contributed by atoms with Crippen molar-refractivity contribution in [1.82, 2.24) is 14.9 Å². The number of piperazine rings is 1. The van der Waals surface area contributed by atoms with Crippen LogP contribution in [0.3, 0.4) is 0 Å². The van der Waals surface area contributed by atoms with Gasteiger partial charge in [0.1, 0.15) is 0 Å². The van der Waals surface area contributed by atoms with Gasteiger partial charge in [-0.15, -0.1) is 0 Å². The molecule has 2 fully saturated rings. The highest BCUT2D eigenvalue weighted by atomic mass is 19.4. The maximum absolute atomic E-state index is 12.5. The van der Waals surface area contributed by atoms with Gasteiger partial charge in [-0.3, -0.25) is 4.79 Å². The van der Waals surface area contributed by atoms with Gasteiger partial charge in [-0.25, -0.2) is 9.97 Å². The van der Waals surface area contributed by atoms with Crippen LogP contribution in [0.25, 0.3) is 0 Å². The number of hydrogen-bond donors (Lipinski definition) is 1. The fourth-order valence-corrected chi connectivity index (χ4v) is 2.69. The van der Waals surface area contributed by atoms with Crippen molar-refractivity contribution >= 4 is 18.1 Å². The van der Waals surface area contributed by atoms with E-state index >= 15 is 0 Å². The highest BCUT2D eigenvalue weighted by Crippen LogP contribution is 2.30. The number of aromatic nitrogens is 2. The Bertz CT molecular complexity index is 670. The van der Waals surface area contributed by atoms with Crippen molar-refractivity contribution in [3.8, 4) is 0 Å². The minimum absolute atomic E-state index is 0.132. The molecule has 27 heavy (non-hydrogen) atoms. The number of hydrogen-bond acceptors (Lipinski definition) is 7. The third-order valence-corrected chi connectivity index (χ3v) is 4.54. The molecule has 1 aliphatic heterocycles. The Labute approximate surface area is 154 Å². The summed E-state index contributed by atoms with van der Waals surface area (Å²) in [4.78, 5) is 28.0. The molecule has 1 saturated carbocycles. The summed E-state index contributed by atoms with van der Waals surface area (Å²) in [6.45, 7) is 1.47. The number of nitrogens with two attached hydrogens (primary N) is 1. The molecule has 0 radical (unpaired) electrons. The fraction of sp³-hybridized carbons (Fsp3) is 0.625. The van der Waals surface area contributed by atoms with Gasteiger partial charge in [-0.2, -0.15) is 13.2 Å². The number of halogens is 3. The molecular formula is C16H21F3N6O2. The van der Waals surface area contributed by atoms with Gasteiger partial charge in [-0.05, 0) is 18.8 Å². The average molecular weight is 386 g/mol. The van der Waals surface area contributed by atoms with E-state index in [1.807, 2.05) is 0 Å². The Balaban J connectivity index is 1.42. The summed E-state index contributed by atoms with van der Waals surface area (Å²) in [6.07, 6.45) is 0.772. The lowest BCUT2D eigenvalue weighted by Gasteiger charge is -2.34. The lowest BCUT2D eigenvalue weighted by Crippen LogP contribution is -2.50. The molecule has 1 aromatic rings. The summed E-state index contributed by atoms with van der Waals surface area (Å²) in [5, 5.41) is 3.74. The van der Waals surface area contributed by atoms with E-state index in [2.05, 4.69) is 15.1 Å². The zero-order valence-corrected chi connectivity index (χ0v) is 14.6. The SMILES string of the molecule is NC(C=NOCC(=O)N1CCN(c2ncc(C(F)(F)F)cn2)CC1)C1CC1. The van der Waals surface area contributed by atoms with Crippen molar-refractivity contribution in [1.29, 1.82) is 0 Å². The van der Waals surface area contributed by atoms with E-state index in [-0.39, 0.29) is 24.5 Å². The van der Waals surface area contributed by atoms with Gasteiger partial charge in [-0.1, -0.05) is 5.16 Å². The summed E-state index contributed by atoms with van der Waals surface area (Å²) >= 11 is 0. The molecule has 1 aliphatic carbocycles. The number of carbonyl (C=O) groups excluding carboxylic acids is 1. The summed E-state index contributed by atoms with van der Waals surface area (Å²) in [5.41, 5.74) is 4.95. The molecule has 2 aliphatic rings. The van der Waals surface area contributed by atoms with Crippen LogP contribution in [0.1, 0.15) is 18.4 Å². The van der Waals surface area contributed by atoms with Gasteiger partial charge in [0.15, 0.2) is 6.61 Å².